The summed E-state index contributed by atoms with van der Waals surface area (Å²) in [5, 5.41) is 8.92. The molecular weight excluding hydrogens is 292 g/mol. The van der Waals surface area contributed by atoms with Gasteiger partial charge in [-0.1, -0.05) is 26.0 Å². The molecule has 1 aliphatic heterocycles. The van der Waals surface area contributed by atoms with Crippen LogP contribution in [0.25, 0.3) is 0 Å². The van der Waals surface area contributed by atoms with Gasteiger partial charge in [0.2, 0.25) is 0 Å². The van der Waals surface area contributed by atoms with Crippen LogP contribution in [-0.2, 0) is 11.3 Å². The Bertz CT molecular complexity index is 486. The van der Waals surface area contributed by atoms with E-state index in [4.69, 9.17) is 9.84 Å². The predicted octanol–water partition coefficient (Wildman–Crippen LogP) is 2.32. The van der Waals surface area contributed by atoms with Crippen molar-refractivity contribution >= 4 is 5.97 Å². The number of carboxylic acids is 1. The van der Waals surface area contributed by atoms with Gasteiger partial charge in [-0.15, -0.1) is 0 Å². The van der Waals surface area contributed by atoms with E-state index in [9.17, 15) is 4.79 Å². The fourth-order valence-corrected chi connectivity index (χ4v) is 2.98. The van der Waals surface area contributed by atoms with Crippen molar-refractivity contribution in [2.45, 2.75) is 32.9 Å². The van der Waals surface area contributed by atoms with Gasteiger partial charge in [0, 0.05) is 26.2 Å². The molecule has 0 radical (unpaired) electrons. The van der Waals surface area contributed by atoms with Gasteiger partial charge in [-0.25, -0.2) is 4.79 Å². The number of hydrogen-bond donors (Lipinski definition) is 1. The topological polar surface area (TPSA) is 53.0 Å². The smallest absolute Gasteiger partial charge is 0.335 e. The molecule has 0 aliphatic carbocycles. The van der Waals surface area contributed by atoms with E-state index in [1.165, 1.54) is 0 Å². The van der Waals surface area contributed by atoms with E-state index in [1.807, 2.05) is 12.1 Å². The SMILES string of the molecule is CCN(CC)CCOC1CCN(Cc2ccc(C(=O)O)cc2)C1. The van der Waals surface area contributed by atoms with Crippen LogP contribution in [0, 0.1) is 0 Å². The Morgan fingerprint density at radius 3 is 2.61 bits per heavy atom. The second-order valence-corrected chi connectivity index (χ2v) is 6.05. The molecule has 1 saturated heterocycles. The van der Waals surface area contributed by atoms with Gasteiger partial charge in [-0.05, 0) is 37.2 Å². The van der Waals surface area contributed by atoms with E-state index < -0.39 is 5.97 Å². The molecule has 1 N–H and O–H groups in total. The van der Waals surface area contributed by atoms with E-state index in [2.05, 4.69) is 23.6 Å². The first-order valence-electron chi connectivity index (χ1n) is 8.51. The first kappa shape index (κ1) is 17.9. The third kappa shape index (κ3) is 5.61. The third-order valence-electron chi connectivity index (χ3n) is 4.49. The molecule has 1 unspecified atom stereocenters. The van der Waals surface area contributed by atoms with Gasteiger partial charge in [0.15, 0.2) is 0 Å². The zero-order chi connectivity index (χ0) is 16.7. The van der Waals surface area contributed by atoms with Gasteiger partial charge in [-0.3, -0.25) is 4.90 Å². The fraction of sp³-hybridized carbons (Fsp3) is 0.611. The molecule has 0 spiro atoms. The number of hydrogen-bond acceptors (Lipinski definition) is 4. The number of aromatic carboxylic acids is 1. The van der Waals surface area contributed by atoms with Gasteiger partial charge in [-0.2, -0.15) is 0 Å². The molecule has 1 aromatic rings. The Morgan fingerprint density at radius 2 is 2.00 bits per heavy atom. The van der Waals surface area contributed by atoms with Crippen LogP contribution in [0.4, 0.5) is 0 Å². The predicted molar refractivity (Wildman–Crippen MR) is 90.8 cm³/mol. The van der Waals surface area contributed by atoms with Crippen LogP contribution in [0.15, 0.2) is 24.3 Å². The zero-order valence-electron chi connectivity index (χ0n) is 14.2. The van der Waals surface area contributed by atoms with Crippen LogP contribution < -0.4 is 0 Å². The summed E-state index contributed by atoms with van der Waals surface area (Å²) in [5.41, 5.74) is 1.49. The highest BCUT2D eigenvalue weighted by atomic mass is 16.5. The summed E-state index contributed by atoms with van der Waals surface area (Å²) < 4.78 is 5.99. The number of carbonyl (C=O) groups is 1. The number of rotatable bonds is 9. The highest BCUT2D eigenvalue weighted by Crippen LogP contribution is 2.16. The maximum absolute atomic E-state index is 10.9. The molecule has 128 valence electrons. The Labute approximate surface area is 138 Å². The van der Waals surface area contributed by atoms with Crippen molar-refractivity contribution < 1.29 is 14.6 Å². The van der Waals surface area contributed by atoms with Crippen LogP contribution in [0.5, 0.6) is 0 Å². The Morgan fingerprint density at radius 1 is 1.30 bits per heavy atom. The molecule has 1 atom stereocenters. The summed E-state index contributed by atoms with van der Waals surface area (Å²) in [6, 6.07) is 7.15. The van der Waals surface area contributed by atoms with Crippen LogP contribution in [0.1, 0.15) is 36.2 Å². The Hall–Kier alpha value is -1.43. The number of nitrogens with zero attached hydrogens (tertiary/aromatic N) is 2. The van der Waals surface area contributed by atoms with Crippen molar-refractivity contribution in [2.24, 2.45) is 0 Å². The lowest BCUT2D eigenvalue weighted by atomic mass is 10.1. The first-order chi connectivity index (χ1) is 11.1. The number of carboxylic acid groups (broad SMARTS) is 1. The maximum Gasteiger partial charge on any atom is 0.335 e. The fourth-order valence-electron chi connectivity index (χ4n) is 2.98. The minimum atomic E-state index is -0.876. The minimum absolute atomic E-state index is 0.323. The summed E-state index contributed by atoms with van der Waals surface area (Å²) in [6.07, 6.45) is 1.40. The molecule has 1 heterocycles. The van der Waals surface area contributed by atoms with Gasteiger partial charge in [0.1, 0.15) is 0 Å². The molecule has 1 fully saturated rings. The van der Waals surface area contributed by atoms with Crippen LogP contribution in [0.3, 0.4) is 0 Å². The molecule has 23 heavy (non-hydrogen) atoms. The molecule has 5 heteroatoms. The molecule has 1 aliphatic rings. The first-order valence-corrected chi connectivity index (χ1v) is 8.51. The van der Waals surface area contributed by atoms with Crippen molar-refractivity contribution in [1.29, 1.82) is 0 Å². The lowest BCUT2D eigenvalue weighted by molar-refractivity contribution is 0.0439. The van der Waals surface area contributed by atoms with Crippen molar-refractivity contribution in [2.75, 3.05) is 39.3 Å². The van der Waals surface area contributed by atoms with E-state index in [1.54, 1.807) is 12.1 Å². The minimum Gasteiger partial charge on any atom is -0.478 e. The molecule has 0 aromatic heterocycles. The lowest BCUT2D eigenvalue weighted by Crippen LogP contribution is -2.29. The van der Waals surface area contributed by atoms with Crippen molar-refractivity contribution in [3.05, 3.63) is 35.4 Å². The number of benzene rings is 1. The van der Waals surface area contributed by atoms with Crippen LogP contribution in [0.2, 0.25) is 0 Å². The van der Waals surface area contributed by atoms with E-state index in [0.717, 1.165) is 57.9 Å². The average Bonchev–Trinajstić information content (AvgIpc) is 2.99. The van der Waals surface area contributed by atoms with Crippen molar-refractivity contribution in [3.8, 4) is 0 Å². The number of likely N-dealkylation sites (tertiary alicyclic amines) is 1. The van der Waals surface area contributed by atoms with Gasteiger partial charge in [0.25, 0.3) is 0 Å². The number of ether oxygens (including phenoxy) is 1. The molecule has 2 rings (SSSR count). The summed E-state index contributed by atoms with van der Waals surface area (Å²) in [6.45, 7) is 11.2. The largest absolute Gasteiger partial charge is 0.478 e. The molecule has 5 nitrogen and oxygen atoms in total. The second kappa shape index (κ2) is 9.01. The highest BCUT2D eigenvalue weighted by molar-refractivity contribution is 5.87. The van der Waals surface area contributed by atoms with E-state index in [0.29, 0.717) is 11.7 Å². The number of likely N-dealkylation sites (N-methyl/N-ethyl adjacent to an activating group) is 1. The lowest BCUT2D eigenvalue weighted by Gasteiger charge is -2.20. The van der Waals surface area contributed by atoms with Crippen LogP contribution in [-0.4, -0.2) is 66.3 Å². The molecular formula is C18H28N2O3. The normalized spacial score (nSPS) is 18.7. The Kier molecular flexibility index (Phi) is 7.02. The zero-order valence-corrected chi connectivity index (χ0v) is 14.2. The summed E-state index contributed by atoms with van der Waals surface area (Å²) in [5.74, 6) is -0.876. The monoisotopic (exact) mass is 320 g/mol. The Balaban J connectivity index is 1.71. The standard InChI is InChI=1S/C18H28N2O3/c1-3-19(4-2)11-12-23-17-9-10-20(14-17)13-15-5-7-16(8-6-15)18(21)22/h5-8,17H,3-4,9-14H2,1-2H3,(H,21,22). The van der Waals surface area contributed by atoms with Gasteiger partial charge in [0.05, 0.1) is 18.3 Å². The molecule has 0 saturated carbocycles. The van der Waals surface area contributed by atoms with Gasteiger partial charge >= 0.3 is 5.97 Å². The van der Waals surface area contributed by atoms with Crippen LogP contribution >= 0.6 is 0 Å². The summed E-state index contributed by atoms with van der Waals surface area (Å²) >= 11 is 0. The summed E-state index contributed by atoms with van der Waals surface area (Å²) in [7, 11) is 0. The molecule has 0 bridgehead atoms. The van der Waals surface area contributed by atoms with E-state index >= 15 is 0 Å². The summed E-state index contributed by atoms with van der Waals surface area (Å²) in [4.78, 5) is 15.6. The molecule has 1 aromatic carbocycles. The molecule has 0 amide bonds. The quantitative estimate of drug-likeness (QED) is 0.757. The highest BCUT2D eigenvalue weighted by Gasteiger charge is 2.23. The van der Waals surface area contributed by atoms with Crippen molar-refractivity contribution in [3.63, 3.8) is 0 Å². The van der Waals surface area contributed by atoms with E-state index in [-0.39, 0.29) is 0 Å². The van der Waals surface area contributed by atoms with Crippen molar-refractivity contribution in [1.82, 2.24) is 9.80 Å². The third-order valence-corrected chi connectivity index (χ3v) is 4.49. The van der Waals surface area contributed by atoms with Gasteiger partial charge < -0.3 is 14.7 Å². The second-order valence-electron chi connectivity index (χ2n) is 6.05. The average molecular weight is 320 g/mol. The maximum atomic E-state index is 10.9.